The van der Waals surface area contributed by atoms with Crippen molar-refractivity contribution in [2.45, 2.75) is 37.6 Å². The highest BCUT2D eigenvalue weighted by molar-refractivity contribution is 6.31. The average Bonchev–Trinajstić information content (AvgIpc) is 3.23. The second-order valence-electron chi connectivity index (χ2n) is 6.41. The molecule has 0 unspecified atom stereocenters. The van der Waals surface area contributed by atoms with E-state index in [2.05, 4.69) is 10.3 Å². The van der Waals surface area contributed by atoms with Crippen molar-refractivity contribution in [3.8, 4) is 0 Å². The molecule has 2 aliphatic rings. The maximum atomic E-state index is 12.4. The number of carbonyl (C=O) groups excluding carboxylic acids is 1. The number of nitrogens with zero attached hydrogens (tertiary/aromatic N) is 2. The summed E-state index contributed by atoms with van der Waals surface area (Å²) in [6.45, 7) is 2.51. The smallest absolute Gasteiger partial charge is 0.239 e. The van der Waals surface area contributed by atoms with Gasteiger partial charge in [-0.25, -0.2) is 4.98 Å². The second kappa shape index (κ2) is 6.13. The Labute approximate surface area is 140 Å². The molecule has 122 valence electrons. The lowest BCUT2D eigenvalue weighted by Gasteiger charge is -2.32. The van der Waals surface area contributed by atoms with Gasteiger partial charge < -0.3 is 14.6 Å². The van der Waals surface area contributed by atoms with Crippen LogP contribution in [0, 0.1) is 0 Å². The molecule has 5 nitrogen and oxygen atoms in total. The molecule has 0 bridgehead atoms. The molecule has 2 aliphatic heterocycles. The Kier molecular flexibility index (Phi) is 3.99. The largest absolute Gasteiger partial charge is 0.440 e. The van der Waals surface area contributed by atoms with Gasteiger partial charge in [-0.2, -0.15) is 0 Å². The van der Waals surface area contributed by atoms with Crippen molar-refractivity contribution in [3.05, 3.63) is 29.1 Å². The van der Waals surface area contributed by atoms with Gasteiger partial charge in [0.2, 0.25) is 5.91 Å². The molecule has 2 fully saturated rings. The van der Waals surface area contributed by atoms with E-state index in [1.165, 1.54) is 0 Å². The van der Waals surface area contributed by atoms with Crippen LogP contribution in [0.1, 0.15) is 37.5 Å². The zero-order valence-corrected chi connectivity index (χ0v) is 13.7. The molecule has 6 heteroatoms. The Hall–Kier alpha value is -1.59. The number of oxazole rings is 1. The SMILES string of the molecule is O=C([C@@H]1CCCN1)N1CCC(c2nc3cc(Cl)ccc3o2)CC1. The summed E-state index contributed by atoms with van der Waals surface area (Å²) in [6.07, 6.45) is 3.86. The van der Waals surface area contributed by atoms with Crippen molar-refractivity contribution >= 4 is 28.6 Å². The topological polar surface area (TPSA) is 58.4 Å². The van der Waals surface area contributed by atoms with E-state index in [0.29, 0.717) is 5.02 Å². The van der Waals surface area contributed by atoms with Gasteiger partial charge in [-0.05, 0) is 50.4 Å². The molecule has 2 aromatic rings. The number of halogens is 1. The van der Waals surface area contributed by atoms with Crippen molar-refractivity contribution in [3.63, 3.8) is 0 Å². The lowest BCUT2D eigenvalue weighted by molar-refractivity contribution is -0.134. The molecular weight excluding hydrogens is 314 g/mol. The van der Waals surface area contributed by atoms with E-state index in [9.17, 15) is 4.79 Å². The van der Waals surface area contributed by atoms with Crippen LogP contribution in [-0.4, -0.2) is 41.5 Å². The van der Waals surface area contributed by atoms with E-state index in [1.807, 2.05) is 23.1 Å². The summed E-state index contributed by atoms with van der Waals surface area (Å²) in [5.74, 6) is 1.31. The summed E-state index contributed by atoms with van der Waals surface area (Å²) >= 11 is 6.00. The maximum absolute atomic E-state index is 12.4. The van der Waals surface area contributed by atoms with Gasteiger partial charge in [0, 0.05) is 24.0 Å². The molecule has 2 saturated heterocycles. The number of hydrogen-bond acceptors (Lipinski definition) is 4. The molecule has 0 aliphatic carbocycles. The van der Waals surface area contributed by atoms with Gasteiger partial charge in [0.05, 0.1) is 6.04 Å². The molecule has 23 heavy (non-hydrogen) atoms. The zero-order valence-electron chi connectivity index (χ0n) is 12.9. The van der Waals surface area contributed by atoms with Crippen LogP contribution >= 0.6 is 11.6 Å². The van der Waals surface area contributed by atoms with Crippen molar-refractivity contribution in [1.29, 1.82) is 0 Å². The Balaban J connectivity index is 1.43. The Bertz CT molecular complexity index is 716. The van der Waals surface area contributed by atoms with Crippen molar-refractivity contribution in [2.24, 2.45) is 0 Å². The van der Waals surface area contributed by atoms with E-state index in [1.54, 1.807) is 0 Å². The highest BCUT2D eigenvalue weighted by Gasteiger charge is 2.31. The van der Waals surface area contributed by atoms with Crippen LogP contribution in [0.15, 0.2) is 22.6 Å². The van der Waals surface area contributed by atoms with Crippen LogP contribution in [0.4, 0.5) is 0 Å². The predicted molar refractivity (Wildman–Crippen MR) is 88.6 cm³/mol. The third kappa shape index (κ3) is 2.95. The highest BCUT2D eigenvalue weighted by atomic mass is 35.5. The number of hydrogen-bond donors (Lipinski definition) is 1. The minimum Gasteiger partial charge on any atom is -0.440 e. The Morgan fingerprint density at radius 3 is 2.87 bits per heavy atom. The number of amides is 1. The van der Waals surface area contributed by atoms with E-state index in [-0.39, 0.29) is 17.9 Å². The number of fused-ring (bicyclic) bond motifs is 1. The fourth-order valence-electron chi connectivity index (χ4n) is 3.56. The number of nitrogens with one attached hydrogen (secondary N) is 1. The quantitative estimate of drug-likeness (QED) is 0.918. The normalized spacial score (nSPS) is 22.8. The zero-order chi connectivity index (χ0) is 15.8. The fourth-order valence-corrected chi connectivity index (χ4v) is 3.72. The first kappa shape index (κ1) is 15.0. The molecular formula is C17H20ClN3O2. The van der Waals surface area contributed by atoms with Crippen molar-refractivity contribution in [1.82, 2.24) is 15.2 Å². The van der Waals surface area contributed by atoms with Gasteiger partial charge in [0.25, 0.3) is 0 Å². The highest BCUT2D eigenvalue weighted by Crippen LogP contribution is 2.31. The first-order chi connectivity index (χ1) is 11.2. The summed E-state index contributed by atoms with van der Waals surface area (Å²) in [4.78, 5) is 19.0. The average molecular weight is 334 g/mol. The fraction of sp³-hybridized carbons (Fsp3) is 0.529. The molecule has 4 rings (SSSR count). The van der Waals surface area contributed by atoms with Crippen LogP contribution in [0.25, 0.3) is 11.1 Å². The minimum atomic E-state index is 0.0259. The van der Waals surface area contributed by atoms with Gasteiger partial charge >= 0.3 is 0 Å². The number of rotatable bonds is 2. The standard InChI is InChI=1S/C17H20ClN3O2/c18-12-3-4-15-14(10-12)20-16(23-15)11-5-8-21(9-6-11)17(22)13-2-1-7-19-13/h3-4,10-11,13,19H,1-2,5-9H2/t13-/m0/s1. The third-order valence-corrected chi connectivity index (χ3v) is 5.12. The van der Waals surface area contributed by atoms with E-state index >= 15 is 0 Å². The van der Waals surface area contributed by atoms with Crippen LogP contribution in [0.3, 0.4) is 0 Å². The molecule has 1 atom stereocenters. The minimum absolute atomic E-state index is 0.0259. The monoisotopic (exact) mass is 333 g/mol. The van der Waals surface area contributed by atoms with Gasteiger partial charge in [0.15, 0.2) is 11.5 Å². The molecule has 1 amide bonds. The number of aromatic nitrogens is 1. The molecule has 0 spiro atoms. The number of carbonyl (C=O) groups is 1. The van der Waals surface area contributed by atoms with Crippen LogP contribution in [0.5, 0.6) is 0 Å². The first-order valence-electron chi connectivity index (χ1n) is 8.29. The molecule has 1 aromatic heterocycles. The number of likely N-dealkylation sites (tertiary alicyclic amines) is 1. The summed E-state index contributed by atoms with van der Waals surface area (Å²) in [7, 11) is 0. The summed E-state index contributed by atoms with van der Waals surface area (Å²) < 4.78 is 5.87. The summed E-state index contributed by atoms with van der Waals surface area (Å²) in [6, 6.07) is 5.53. The molecule has 0 saturated carbocycles. The molecule has 1 aromatic carbocycles. The lowest BCUT2D eigenvalue weighted by Crippen LogP contribution is -2.46. The Morgan fingerprint density at radius 1 is 1.30 bits per heavy atom. The molecule has 0 radical (unpaired) electrons. The first-order valence-corrected chi connectivity index (χ1v) is 8.66. The van der Waals surface area contributed by atoms with E-state index in [4.69, 9.17) is 16.0 Å². The summed E-state index contributed by atoms with van der Waals surface area (Å²) in [5, 5.41) is 3.95. The molecule has 1 N–H and O–H groups in total. The van der Waals surface area contributed by atoms with Gasteiger partial charge in [-0.15, -0.1) is 0 Å². The van der Waals surface area contributed by atoms with Crippen LogP contribution < -0.4 is 5.32 Å². The van der Waals surface area contributed by atoms with Crippen LogP contribution in [0.2, 0.25) is 5.02 Å². The van der Waals surface area contributed by atoms with Crippen molar-refractivity contribution < 1.29 is 9.21 Å². The maximum Gasteiger partial charge on any atom is 0.239 e. The second-order valence-corrected chi connectivity index (χ2v) is 6.85. The van der Waals surface area contributed by atoms with Crippen LogP contribution in [-0.2, 0) is 4.79 Å². The lowest BCUT2D eigenvalue weighted by atomic mass is 9.96. The van der Waals surface area contributed by atoms with Gasteiger partial charge in [0.1, 0.15) is 5.52 Å². The number of benzene rings is 1. The Morgan fingerprint density at radius 2 is 2.13 bits per heavy atom. The van der Waals surface area contributed by atoms with E-state index in [0.717, 1.165) is 62.3 Å². The predicted octanol–water partition coefficient (Wildman–Crippen LogP) is 2.94. The molecule has 3 heterocycles. The van der Waals surface area contributed by atoms with Gasteiger partial charge in [-0.3, -0.25) is 4.79 Å². The third-order valence-electron chi connectivity index (χ3n) is 4.88. The summed E-state index contributed by atoms with van der Waals surface area (Å²) in [5.41, 5.74) is 1.58. The van der Waals surface area contributed by atoms with Gasteiger partial charge in [-0.1, -0.05) is 11.6 Å². The number of piperidine rings is 1. The van der Waals surface area contributed by atoms with Crippen molar-refractivity contribution in [2.75, 3.05) is 19.6 Å². The van der Waals surface area contributed by atoms with E-state index < -0.39 is 0 Å².